The van der Waals surface area contributed by atoms with Crippen molar-refractivity contribution < 1.29 is 5.11 Å². The average Bonchev–Trinajstić information content (AvgIpc) is 2.78. The van der Waals surface area contributed by atoms with Crippen LogP contribution in [-0.4, -0.2) is 32.6 Å². The molecule has 0 radical (unpaired) electrons. The summed E-state index contributed by atoms with van der Waals surface area (Å²) in [6.07, 6.45) is 8.99. The molecule has 1 aliphatic heterocycles. The first-order chi connectivity index (χ1) is 11.8. The van der Waals surface area contributed by atoms with E-state index >= 15 is 0 Å². The number of phenolic OH excluding ortho intramolecular Hbond substituents is 1. The molecule has 0 amide bonds. The van der Waals surface area contributed by atoms with Crippen molar-refractivity contribution in [1.82, 2.24) is 14.9 Å². The van der Waals surface area contributed by atoms with Gasteiger partial charge in [0, 0.05) is 42.7 Å². The van der Waals surface area contributed by atoms with Gasteiger partial charge in [0.2, 0.25) is 0 Å². The fourth-order valence-corrected chi connectivity index (χ4v) is 5.32. The molecule has 1 aliphatic carbocycles. The minimum atomic E-state index is 0.381. The van der Waals surface area contributed by atoms with Crippen LogP contribution in [0, 0.1) is 10.8 Å². The van der Waals surface area contributed by atoms with Crippen LogP contribution in [-0.2, 0) is 6.54 Å². The number of hydrogen-bond acceptors (Lipinski definition) is 4. The summed E-state index contributed by atoms with van der Waals surface area (Å²) < 4.78 is 0. The van der Waals surface area contributed by atoms with Crippen LogP contribution in [0.4, 0.5) is 0 Å². The summed E-state index contributed by atoms with van der Waals surface area (Å²) in [7, 11) is 0. The minimum Gasteiger partial charge on any atom is -0.508 e. The highest BCUT2D eigenvalue weighted by molar-refractivity contribution is 5.63. The molecule has 1 aromatic heterocycles. The molecule has 1 aromatic carbocycles. The number of likely N-dealkylation sites (tertiary alicyclic amines) is 1. The Morgan fingerprint density at radius 2 is 1.88 bits per heavy atom. The number of fused-ring (bicyclic) bond motifs is 2. The Morgan fingerprint density at radius 1 is 1.12 bits per heavy atom. The van der Waals surface area contributed by atoms with Crippen molar-refractivity contribution in [3.05, 3.63) is 42.5 Å². The molecule has 2 aromatic rings. The van der Waals surface area contributed by atoms with Gasteiger partial charge in [0.25, 0.3) is 0 Å². The zero-order valence-corrected chi connectivity index (χ0v) is 15.4. The molecule has 2 aliphatic rings. The van der Waals surface area contributed by atoms with Crippen LogP contribution < -0.4 is 0 Å². The van der Waals surface area contributed by atoms with E-state index in [9.17, 15) is 5.11 Å². The van der Waals surface area contributed by atoms with E-state index in [2.05, 4.69) is 41.7 Å². The molecule has 1 N–H and O–H groups in total. The average molecular weight is 337 g/mol. The maximum atomic E-state index is 10.4. The summed E-state index contributed by atoms with van der Waals surface area (Å²) in [5.41, 5.74) is 3.86. The highest BCUT2D eigenvalue weighted by Gasteiger charge is 2.49. The number of phenols is 1. The highest BCUT2D eigenvalue weighted by atomic mass is 16.3. The van der Waals surface area contributed by atoms with Crippen LogP contribution in [0.15, 0.2) is 36.9 Å². The Kier molecular flexibility index (Phi) is 3.84. The molecule has 0 unspecified atom stereocenters. The van der Waals surface area contributed by atoms with Crippen LogP contribution >= 0.6 is 0 Å². The van der Waals surface area contributed by atoms with E-state index in [1.165, 1.54) is 25.6 Å². The number of aromatic hydroxyl groups is 1. The summed E-state index contributed by atoms with van der Waals surface area (Å²) >= 11 is 0. The van der Waals surface area contributed by atoms with E-state index in [0.29, 0.717) is 22.6 Å². The molecule has 2 atom stereocenters. The first-order valence-electron chi connectivity index (χ1n) is 9.15. The second-order valence-corrected chi connectivity index (χ2v) is 9.09. The van der Waals surface area contributed by atoms with Gasteiger partial charge >= 0.3 is 0 Å². The lowest BCUT2D eigenvalue weighted by Crippen LogP contribution is -2.34. The topological polar surface area (TPSA) is 49.2 Å². The van der Waals surface area contributed by atoms with Gasteiger partial charge in [0.05, 0.1) is 0 Å². The molecule has 4 heteroatoms. The third-order valence-electron chi connectivity index (χ3n) is 5.87. The van der Waals surface area contributed by atoms with Gasteiger partial charge in [0.15, 0.2) is 0 Å². The van der Waals surface area contributed by atoms with Gasteiger partial charge in [-0.1, -0.05) is 26.8 Å². The standard InChI is InChI=1S/C21H27N3O/c1-20(2)7-18-8-21(3,12-20)13-24(18)11-16-6-15(4-5-19(16)25)17-9-22-14-23-10-17/h4-6,9-10,14,18,25H,7-8,11-13H2,1-3H3/t18-,21-/m1/s1. The van der Waals surface area contributed by atoms with Gasteiger partial charge in [-0.15, -0.1) is 0 Å². The van der Waals surface area contributed by atoms with Crippen LogP contribution in [0.3, 0.4) is 0 Å². The second-order valence-electron chi connectivity index (χ2n) is 9.09. The number of hydrogen-bond donors (Lipinski definition) is 1. The van der Waals surface area contributed by atoms with Gasteiger partial charge in [-0.25, -0.2) is 9.97 Å². The van der Waals surface area contributed by atoms with E-state index in [-0.39, 0.29) is 0 Å². The molecule has 2 heterocycles. The quantitative estimate of drug-likeness (QED) is 0.909. The molecular weight excluding hydrogens is 310 g/mol. The normalized spacial score (nSPS) is 28.2. The van der Waals surface area contributed by atoms with Gasteiger partial charge < -0.3 is 5.11 Å². The van der Waals surface area contributed by atoms with Crippen molar-refractivity contribution in [3.8, 4) is 16.9 Å². The molecule has 4 rings (SSSR count). The van der Waals surface area contributed by atoms with E-state index in [0.717, 1.165) is 29.8 Å². The SMILES string of the molecule is CC1(C)C[C@@H]2C[C@@](C)(CN2Cc2cc(-c3cncnc3)ccc2O)C1. The Labute approximate surface area is 149 Å². The zero-order valence-electron chi connectivity index (χ0n) is 15.4. The Bertz CT molecular complexity index is 774. The lowest BCUT2D eigenvalue weighted by molar-refractivity contribution is 0.126. The monoisotopic (exact) mass is 337 g/mol. The van der Waals surface area contributed by atoms with Crippen molar-refractivity contribution >= 4 is 0 Å². The number of aromatic nitrogens is 2. The van der Waals surface area contributed by atoms with E-state index in [1.807, 2.05) is 18.5 Å². The van der Waals surface area contributed by atoms with Gasteiger partial charge in [-0.05, 0) is 47.8 Å². The smallest absolute Gasteiger partial charge is 0.120 e. The fourth-order valence-electron chi connectivity index (χ4n) is 5.32. The van der Waals surface area contributed by atoms with Crippen molar-refractivity contribution in [3.63, 3.8) is 0 Å². The molecule has 25 heavy (non-hydrogen) atoms. The maximum Gasteiger partial charge on any atom is 0.120 e. The van der Waals surface area contributed by atoms with E-state index in [1.54, 1.807) is 6.07 Å². The van der Waals surface area contributed by atoms with Gasteiger partial charge in [0.1, 0.15) is 12.1 Å². The van der Waals surface area contributed by atoms with E-state index in [4.69, 9.17) is 0 Å². The predicted molar refractivity (Wildman–Crippen MR) is 99.1 cm³/mol. The predicted octanol–water partition coefficient (Wildman–Crippen LogP) is 4.25. The molecule has 1 saturated heterocycles. The molecular formula is C21H27N3O. The lowest BCUT2D eigenvalue weighted by atomic mass is 9.65. The molecule has 4 nitrogen and oxygen atoms in total. The lowest BCUT2D eigenvalue weighted by Gasteiger charge is -2.40. The van der Waals surface area contributed by atoms with E-state index < -0.39 is 0 Å². The van der Waals surface area contributed by atoms with Crippen molar-refractivity contribution in [2.45, 2.75) is 52.6 Å². The molecule has 132 valence electrons. The molecule has 2 fully saturated rings. The Balaban J connectivity index is 1.59. The number of nitrogens with zero attached hydrogens (tertiary/aromatic N) is 3. The second kappa shape index (κ2) is 5.80. The minimum absolute atomic E-state index is 0.381. The van der Waals surface area contributed by atoms with Crippen LogP contribution in [0.1, 0.15) is 45.6 Å². The highest BCUT2D eigenvalue weighted by Crippen LogP contribution is 2.52. The van der Waals surface area contributed by atoms with Crippen molar-refractivity contribution in [2.75, 3.05) is 6.54 Å². The fraction of sp³-hybridized carbons (Fsp3) is 0.524. The van der Waals surface area contributed by atoms with Crippen molar-refractivity contribution in [2.24, 2.45) is 10.8 Å². The number of benzene rings is 1. The third-order valence-corrected chi connectivity index (χ3v) is 5.87. The largest absolute Gasteiger partial charge is 0.508 e. The van der Waals surface area contributed by atoms with Crippen LogP contribution in [0.25, 0.3) is 11.1 Å². The summed E-state index contributed by atoms with van der Waals surface area (Å²) in [6.45, 7) is 9.16. The summed E-state index contributed by atoms with van der Waals surface area (Å²) in [6, 6.07) is 6.44. The number of rotatable bonds is 3. The third kappa shape index (κ3) is 3.28. The van der Waals surface area contributed by atoms with Crippen LogP contribution in [0.5, 0.6) is 5.75 Å². The molecule has 1 saturated carbocycles. The summed E-state index contributed by atoms with van der Waals surface area (Å²) in [5.74, 6) is 0.381. The maximum absolute atomic E-state index is 10.4. The summed E-state index contributed by atoms with van der Waals surface area (Å²) in [5, 5.41) is 10.4. The molecule has 2 bridgehead atoms. The Hall–Kier alpha value is -1.94. The first-order valence-corrected chi connectivity index (χ1v) is 9.15. The Morgan fingerprint density at radius 3 is 2.64 bits per heavy atom. The zero-order chi connectivity index (χ0) is 17.7. The first kappa shape index (κ1) is 16.5. The summed E-state index contributed by atoms with van der Waals surface area (Å²) in [4.78, 5) is 10.8. The van der Waals surface area contributed by atoms with Gasteiger partial charge in [-0.2, -0.15) is 0 Å². The molecule has 0 spiro atoms. The van der Waals surface area contributed by atoms with Crippen molar-refractivity contribution in [1.29, 1.82) is 0 Å². The van der Waals surface area contributed by atoms with Crippen LogP contribution in [0.2, 0.25) is 0 Å². The van der Waals surface area contributed by atoms with Gasteiger partial charge in [-0.3, -0.25) is 4.90 Å².